The van der Waals surface area contributed by atoms with Crippen LogP contribution in [0.25, 0.3) is 0 Å². The molecule has 0 aliphatic carbocycles. The highest BCUT2D eigenvalue weighted by molar-refractivity contribution is 7.90. The zero-order valence-corrected chi connectivity index (χ0v) is 8.84. The Morgan fingerprint density at radius 2 is 2.13 bits per heavy atom. The number of carbonyl (C=O) groups is 1. The van der Waals surface area contributed by atoms with Crippen molar-refractivity contribution in [3.63, 3.8) is 0 Å². The van der Waals surface area contributed by atoms with Crippen molar-refractivity contribution in [2.45, 2.75) is 11.4 Å². The van der Waals surface area contributed by atoms with Gasteiger partial charge in [-0.05, 0) is 17.7 Å². The molecule has 0 heterocycles. The molecule has 0 unspecified atom stereocenters. The summed E-state index contributed by atoms with van der Waals surface area (Å²) >= 11 is 0. The Bertz CT molecular complexity index is 470. The van der Waals surface area contributed by atoms with Crippen LogP contribution in [-0.4, -0.2) is 21.1 Å². The van der Waals surface area contributed by atoms with E-state index in [0.29, 0.717) is 12.0 Å². The van der Waals surface area contributed by atoms with Crippen molar-refractivity contribution in [3.8, 4) is 0 Å². The van der Waals surface area contributed by atoms with Gasteiger partial charge < -0.3 is 5.32 Å². The summed E-state index contributed by atoms with van der Waals surface area (Å²) in [5.74, 6) is -0.620. The van der Waals surface area contributed by atoms with Crippen molar-refractivity contribution in [1.29, 1.82) is 0 Å². The van der Waals surface area contributed by atoms with Gasteiger partial charge in [0, 0.05) is 12.8 Å². The molecule has 1 amide bonds. The molecule has 0 fully saturated rings. The van der Waals surface area contributed by atoms with E-state index in [1.807, 2.05) is 0 Å². The molecule has 4 nitrogen and oxygen atoms in total. The van der Waals surface area contributed by atoms with Gasteiger partial charge in [-0.25, -0.2) is 12.8 Å². The fourth-order valence-electron chi connectivity index (χ4n) is 1.17. The smallest absolute Gasteiger partial charge is 0.207 e. The predicted octanol–water partition coefficient (Wildman–Crippen LogP) is 0.475. The largest absolute Gasteiger partial charge is 0.355 e. The Kier molecular flexibility index (Phi) is 3.41. The normalized spacial score (nSPS) is 11.1. The molecular formula is C9H10FNO3S. The molecule has 15 heavy (non-hydrogen) atoms. The third-order valence-corrected chi connectivity index (χ3v) is 2.98. The van der Waals surface area contributed by atoms with Crippen LogP contribution in [0, 0.1) is 5.82 Å². The molecule has 82 valence electrons. The maximum Gasteiger partial charge on any atom is 0.207 e. The standard InChI is InChI=1S/C9H10FNO3S/c1-15(13,14)9-4-8(10)3-2-7(9)5-11-6-12/h2-4,6H,5H2,1H3,(H,11,12). The molecule has 6 heteroatoms. The van der Waals surface area contributed by atoms with Gasteiger partial charge in [-0.2, -0.15) is 0 Å². The Morgan fingerprint density at radius 1 is 1.47 bits per heavy atom. The minimum atomic E-state index is -3.48. The molecule has 0 saturated heterocycles. The number of hydrogen-bond acceptors (Lipinski definition) is 3. The monoisotopic (exact) mass is 231 g/mol. The molecule has 1 aromatic rings. The topological polar surface area (TPSA) is 63.2 Å². The summed E-state index contributed by atoms with van der Waals surface area (Å²) in [6, 6.07) is 3.43. The number of carbonyl (C=O) groups excluding carboxylic acids is 1. The molecule has 0 aliphatic heterocycles. The Morgan fingerprint density at radius 3 is 2.67 bits per heavy atom. The van der Waals surface area contributed by atoms with E-state index in [0.717, 1.165) is 18.4 Å². The van der Waals surface area contributed by atoms with Gasteiger partial charge in [-0.3, -0.25) is 4.79 Å². The summed E-state index contributed by atoms with van der Waals surface area (Å²) in [5.41, 5.74) is 0.367. The summed E-state index contributed by atoms with van der Waals surface area (Å²) < 4.78 is 35.4. The average molecular weight is 231 g/mol. The molecule has 1 aromatic carbocycles. The van der Waals surface area contributed by atoms with Gasteiger partial charge in [-0.15, -0.1) is 0 Å². The molecular weight excluding hydrogens is 221 g/mol. The second-order valence-corrected chi connectivity index (χ2v) is 5.01. The number of nitrogens with one attached hydrogen (secondary N) is 1. The Hall–Kier alpha value is -1.43. The van der Waals surface area contributed by atoms with Crippen LogP contribution in [0.1, 0.15) is 5.56 Å². The fourth-order valence-corrected chi connectivity index (χ4v) is 2.11. The molecule has 0 saturated carbocycles. The third kappa shape index (κ3) is 3.02. The Labute approximate surface area is 87.0 Å². The highest BCUT2D eigenvalue weighted by Crippen LogP contribution is 2.16. The summed E-state index contributed by atoms with van der Waals surface area (Å²) in [6.45, 7) is 0.0617. The first-order chi connectivity index (χ1) is 6.95. The zero-order valence-electron chi connectivity index (χ0n) is 8.03. The molecule has 1 N–H and O–H groups in total. The number of benzene rings is 1. The molecule has 1 rings (SSSR count). The van der Waals surface area contributed by atoms with E-state index >= 15 is 0 Å². The van der Waals surface area contributed by atoms with E-state index < -0.39 is 15.7 Å². The third-order valence-electron chi connectivity index (χ3n) is 1.80. The minimum Gasteiger partial charge on any atom is -0.355 e. The van der Waals surface area contributed by atoms with E-state index in [4.69, 9.17) is 0 Å². The van der Waals surface area contributed by atoms with Crippen molar-refractivity contribution in [2.24, 2.45) is 0 Å². The lowest BCUT2D eigenvalue weighted by Crippen LogP contribution is -2.13. The van der Waals surface area contributed by atoms with Crippen molar-refractivity contribution in [1.82, 2.24) is 5.32 Å². The van der Waals surface area contributed by atoms with Gasteiger partial charge in [0.1, 0.15) is 5.82 Å². The first kappa shape index (κ1) is 11.6. The number of hydrogen-bond donors (Lipinski definition) is 1. The SMILES string of the molecule is CS(=O)(=O)c1cc(F)ccc1CNC=O. The highest BCUT2D eigenvalue weighted by atomic mass is 32.2. The highest BCUT2D eigenvalue weighted by Gasteiger charge is 2.13. The first-order valence-electron chi connectivity index (χ1n) is 4.10. The van der Waals surface area contributed by atoms with Crippen LogP contribution in [0.4, 0.5) is 4.39 Å². The van der Waals surface area contributed by atoms with Crippen LogP contribution in [0.2, 0.25) is 0 Å². The second kappa shape index (κ2) is 4.39. The van der Waals surface area contributed by atoms with Gasteiger partial charge in [0.05, 0.1) is 4.90 Å². The number of halogens is 1. The van der Waals surface area contributed by atoms with Gasteiger partial charge in [0.25, 0.3) is 0 Å². The van der Waals surface area contributed by atoms with Crippen LogP contribution in [-0.2, 0) is 21.2 Å². The zero-order chi connectivity index (χ0) is 11.5. The lowest BCUT2D eigenvalue weighted by molar-refractivity contribution is -0.109. The van der Waals surface area contributed by atoms with Gasteiger partial charge >= 0.3 is 0 Å². The van der Waals surface area contributed by atoms with Crippen LogP contribution in [0.3, 0.4) is 0 Å². The lowest BCUT2D eigenvalue weighted by Gasteiger charge is -2.06. The Balaban J connectivity index is 3.21. The van der Waals surface area contributed by atoms with E-state index in [2.05, 4.69) is 5.32 Å². The summed E-state index contributed by atoms with van der Waals surface area (Å²) in [4.78, 5) is 9.97. The molecule has 0 aromatic heterocycles. The van der Waals surface area contributed by atoms with Gasteiger partial charge in [0.15, 0.2) is 9.84 Å². The number of rotatable bonds is 4. The van der Waals surface area contributed by atoms with Gasteiger partial charge in [-0.1, -0.05) is 6.07 Å². The summed E-state index contributed by atoms with van der Waals surface area (Å²) in [7, 11) is -3.48. The van der Waals surface area contributed by atoms with E-state index in [1.54, 1.807) is 0 Å². The fraction of sp³-hybridized carbons (Fsp3) is 0.222. The van der Waals surface area contributed by atoms with E-state index in [9.17, 15) is 17.6 Å². The van der Waals surface area contributed by atoms with Crippen molar-refractivity contribution in [3.05, 3.63) is 29.6 Å². The lowest BCUT2D eigenvalue weighted by atomic mass is 10.2. The maximum absolute atomic E-state index is 12.8. The summed E-state index contributed by atoms with van der Waals surface area (Å²) in [5, 5.41) is 2.33. The van der Waals surface area contributed by atoms with Crippen molar-refractivity contribution >= 4 is 16.2 Å². The maximum atomic E-state index is 12.8. The second-order valence-electron chi connectivity index (χ2n) is 3.02. The molecule has 0 aliphatic rings. The predicted molar refractivity (Wildman–Crippen MR) is 52.4 cm³/mol. The quantitative estimate of drug-likeness (QED) is 0.766. The van der Waals surface area contributed by atoms with E-state index in [-0.39, 0.29) is 11.4 Å². The number of sulfone groups is 1. The van der Waals surface area contributed by atoms with Crippen LogP contribution >= 0.6 is 0 Å². The first-order valence-corrected chi connectivity index (χ1v) is 6.00. The summed E-state index contributed by atoms with van der Waals surface area (Å²) in [6.07, 6.45) is 1.45. The molecule has 0 bridgehead atoms. The van der Waals surface area contributed by atoms with Gasteiger partial charge in [0.2, 0.25) is 6.41 Å². The molecule has 0 atom stereocenters. The molecule has 0 spiro atoms. The van der Waals surface area contributed by atoms with Crippen LogP contribution in [0.5, 0.6) is 0 Å². The van der Waals surface area contributed by atoms with Crippen molar-refractivity contribution < 1.29 is 17.6 Å². The molecule has 0 radical (unpaired) electrons. The minimum absolute atomic E-state index is 0.0617. The number of amides is 1. The van der Waals surface area contributed by atoms with E-state index in [1.165, 1.54) is 6.07 Å². The van der Waals surface area contributed by atoms with Crippen LogP contribution in [0.15, 0.2) is 23.1 Å². The van der Waals surface area contributed by atoms with Crippen LogP contribution < -0.4 is 5.32 Å². The van der Waals surface area contributed by atoms with Crippen molar-refractivity contribution in [2.75, 3.05) is 6.26 Å². The average Bonchev–Trinajstić information content (AvgIpc) is 2.14.